The summed E-state index contributed by atoms with van der Waals surface area (Å²) < 4.78 is 2.05. The molecule has 0 fully saturated rings. The lowest BCUT2D eigenvalue weighted by Crippen LogP contribution is -1.93. The van der Waals surface area contributed by atoms with Gasteiger partial charge in [0, 0.05) is 12.2 Å². The Morgan fingerprint density at radius 2 is 2.17 bits per heavy atom. The Balaban J connectivity index is 2.78. The molecule has 0 saturated carbocycles. The molecule has 0 bridgehead atoms. The number of hydrogen-bond acceptors (Lipinski definition) is 1. The summed E-state index contributed by atoms with van der Waals surface area (Å²) in [4.78, 5) is 0. The number of rotatable bonds is 1. The van der Waals surface area contributed by atoms with E-state index in [1.165, 1.54) is 10.6 Å². The fraction of sp³-hybridized carbons (Fsp3) is 0.222. The zero-order chi connectivity index (χ0) is 8.55. The molecule has 0 saturated heterocycles. The predicted octanol–water partition coefficient (Wildman–Crippen LogP) is 2.25. The Labute approximate surface area is 72.6 Å². The van der Waals surface area contributed by atoms with Crippen LogP contribution in [0.1, 0.15) is 5.43 Å². The van der Waals surface area contributed by atoms with E-state index in [4.69, 9.17) is 5.11 Å². The summed E-state index contributed by atoms with van der Waals surface area (Å²) in [5, 5.41) is 10.3. The summed E-state index contributed by atoms with van der Waals surface area (Å²) in [6.07, 6.45) is 0. The molecular formula is C9H10NOP. The van der Waals surface area contributed by atoms with Gasteiger partial charge in [0.15, 0.2) is 0 Å². The van der Waals surface area contributed by atoms with Gasteiger partial charge in [-0.05, 0) is 20.3 Å². The van der Waals surface area contributed by atoms with E-state index in [1.807, 2.05) is 19.2 Å². The van der Waals surface area contributed by atoms with Crippen LogP contribution >= 0.6 is 8.19 Å². The van der Waals surface area contributed by atoms with Crippen molar-refractivity contribution in [1.82, 2.24) is 4.57 Å². The van der Waals surface area contributed by atoms with E-state index in [-0.39, 0.29) is 6.61 Å². The van der Waals surface area contributed by atoms with Crippen molar-refractivity contribution in [2.75, 3.05) is 0 Å². The van der Waals surface area contributed by atoms with Gasteiger partial charge < -0.3 is 9.67 Å². The number of nitrogens with zero attached hydrogens (tertiary/aromatic N) is 1. The van der Waals surface area contributed by atoms with Crippen molar-refractivity contribution in [2.45, 2.75) is 6.61 Å². The van der Waals surface area contributed by atoms with Crippen LogP contribution in [0.25, 0.3) is 10.6 Å². The van der Waals surface area contributed by atoms with E-state index >= 15 is 0 Å². The normalized spacial score (nSPS) is 11.5. The average molecular weight is 179 g/mol. The van der Waals surface area contributed by atoms with Crippen molar-refractivity contribution in [3.63, 3.8) is 0 Å². The highest BCUT2D eigenvalue weighted by atomic mass is 31.0. The van der Waals surface area contributed by atoms with Crippen LogP contribution < -0.4 is 0 Å². The predicted molar refractivity (Wildman–Crippen MR) is 51.4 cm³/mol. The minimum atomic E-state index is 0.146. The van der Waals surface area contributed by atoms with Crippen molar-refractivity contribution in [2.24, 2.45) is 7.05 Å². The van der Waals surface area contributed by atoms with E-state index in [2.05, 4.69) is 16.7 Å². The molecule has 0 atom stereocenters. The quantitative estimate of drug-likeness (QED) is 0.713. The third-order valence-electron chi connectivity index (χ3n) is 2.02. The number of fused-ring (bicyclic) bond motifs is 1. The largest absolute Gasteiger partial charge is 0.390 e. The van der Waals surface area contributed by atoms with E-state index < -0.39 is 0 Å². The molecule has 3 heteroatoms. The van der Waals surface area contributed by atoms with E-state index in [9.17, 15) is 0 Å². The smallest absolute Gasteiger partial charge is 0.0877 e. The Bertz CT molecular complexity index is 408. The number of aryl methyl sites for hydroxylation is 1. The summed E-state index contributed by atoms with van der Waals surface area (Å²) in [5.41, 5.74) is 2.26. The zero-order valence-electron chi connectivity index (χ0n) is 6.86. The fourth-order valence-corrected chi connectivity index (χ4v) is 2.44. The molecule has 1 N–H and O–H groups in total. The van der Waals surface area contributed by atoms with Gasteiger partial charge in [-0.25, -0.2) is 0 Å². The maximum Gasteiger partial charge on any atom is 0.0877 e. The third kappa shape index (κ3) is 1.04. The number of aliphatic hydroxyl groups is 1. The number of aliphatic hydroxyl groups excluding tert-OH is 1. The van der Waals surface area contributed by atoms with Gasteiger partial charge in [0.1, 0.15) is 0 Å². The molecule has 12 heavy (non-hydrogen) atoms. The van der Waals surface area contributed by atoms with Crippen LogP contribution in [0.3, 0.4) is 0 Å². The first-order chi connectivity index (χ1) is 5.83. The van der Waals surface area contributed by atoms with Crippen molar-refractivity contribution < 1.29 is 5.11 Å². The molecule has 1 aromatic carbocycles. The highest BCUT2D eigenvalue weighted by molar-refractivity contribution is 7.37. The van der Waals surface area contributed by atoms with Crippen LogP contribution in [0.4, 0.5) is 0 Å². The molecule has 2 rings (SSSR count). The lowest BCUT2D eigenvalue weighted by Gasteiger charge is -1.97. The topological polar surface area (TPSA) is 25.2 Å². The van der Waals surface area contributed by atoms with Gasteiger partial charge in [-0.15, -0.1) is 0 Å². The summed E-state index contributed by atoms with van der Waals surface area (Å²) in [5.74, 6) is 0. The highest BCUT2D eigenvalue weighted by Crippen LogP contribution is 2.28. The number of hydrogen-bond donors (Lipinski definition) is 1. The molecule has 0 unspecified atom stereocenters. The molecule has 2 aromatic rings. The fourth-order valence-electron chi connectivity index (χ4n) is 1.34. The van der Waals surface area contributed by atoms with Gasteiger partial charge >= 0.3 is 0 Å². The maximum atomic E-state index is 9.02. The monoisotopic (exact) mass is 179 g/mol. The SMILES string of the molecule is Cn1c(CO)pc2ccccc21. The van der Waals surface area contributed by atoms with Gasteiger partial charge in [0.25, 0.3) is 0 Å². The third-order valence-corrected chi connectivity index (χ3v) is 3.34. The van der Waals surface area contributed by atoms with Crippen molar-refractivity contribution in [1.29, 1.82) is 0 Å². The van der Waals surface area contributed by atoms with Crippen LogP contribution in [-0.4, -0.2) is 9.67 Å². The van der Waals surface area contributed by atoms with Crippen LogP contribution in [-0.2, 0) is 13.7 Å². The maximum absolute atomic E-state index is 9.02. The number of para-hydroxylation sites is 1. The Hall–Kier alpha value is -0.850. The average Bonchev–Trinajstić information content (AvgIpc) is 2.44. The standard InChI is InChI=1S/C9H10NOP/c1-10-7-4-2-3-5-8(7)12-9(10)6-11/h2-5,11H,6H2,1H3. The molecule has 0 aliphatic rings. The molecule has 0 spiro atoms. The lowest BCUT2D eigenvalue weighted by atomic mass is 10.3. The first-order valence-corrected chi connectivity index (χ1v) is 4.73. The highest BCUT2D eigenvalue weighted by Gasteiger charge is 2.03. The van der Waals surface area contributed by atoms with Crippen LogP contribution in [0.2, 0.25) is 0 Å². The van der Waals surface area contributed by atoms with Crippen LogP contribution in [0.15, 0.2) is 24.3 Å². The van der Waals surface area contributed by atoms with Gasteiger partial charge in [0.05, 0.1) is 17.5 Å². The first-order valence-electron chi connectivity index (χ1n) is 3.84. The molecule has 0 radical (unpaired) electrons. The molecule has 0 aliphatic carbocycles. The molecule has 0 amide bonds. The second-order valence-corrected chi connectivity index (χ2v) is 3.96. The van der Waals surface area contributed by atoms with Crippen molar-refractivity contribution in [3.8, 4) is 0 Å². The second-order valence-electron chi connectivity index (χ2n) is 2.73. The van der Waals surface area contributed by atoms with Gasteiger partial charge in [-0.1, -0.05) is 12.1 Å². The molecule has 1 heterocycles. The minimum Gasteiger partial charge on any atom is -0.390 e. The summed E-state index contributed by atoms with van der Waals surface area (Å²) in [7, 11) is 3.13. The lowest BCUT2D eigenvalue weighted by molar-refractivity contribution is 0.277. The molecule has 62 valence electrons. The van der Waals surface area contributed by atoms with Gasteiger partial charge in [-0.2, -0.15) is 0 Å². The molecule has 1 aromatic heterocycles. The first kappa shape index (κ1) is 7.78. The molecule has 0 aliphatic heterocycles. The summed E-state index contributed by atoms with van der Waals surface area (Å²) >= 11 is 0. The van der Waals surface area contributed by atoms with E-state index in [0.29, 0.717) is 0 Å². The second kappa shape index (κ2) is 2.89. The van der Waals surface area contributed by atoms with E-state index in [1.54, 1.807) is 0 Å². The Morgan fingerprint density at radius 1 is 1.42 bits per heavy atom. The van der Waals surface area contributed by atoms with Crippen LogP contribution in [0.5, 0.6) is 0 Å². The Kier molecular flexibility index (Phi) is 1.87. The summed E-state index contributed by atoms with van der Waals surface area (Å²) in [6, 6.07) is 8.21. The van der Waals surface area contributed by atoms with Crippen LogP contribution in [0, 0.1) is 0 Å². The van der Waals surface area contributed by atoms with Crippen molar-refractivity contribution >= 4 is 18.8 Å². The summed E-state index contributed by atoms with van der Waals surface area (Å²) in [6.45, 7) is 0.146. The number of benzene rings is 1. The van der Waals surface area contributed by atoms with Gasteiger partial charge in [-0.3, -0.25) is 0 Å². The molecular weight excluding hydrogens is 169 g/mol. The van der Waals surface area contributed by atoms with E-state index in [0.717, 1.165) is 13.6 Å². The van der Waals surface area contributed by atoms with Crippen molar-refractivity contribution in [3.05, 3.63) is 29.7 Å². The Morgan fingerprint density at radius 3 is 2.83 bits per heavy atom. The zero-order valence-corrected chi connectivity index (χ0v) is 7.75. The number of aromatic nitrogens is 1. The minimum absolute atomic E-state index is 0.146. The van der Waals surface area contributed by atoms with Gasteiger partial charge in [0.2, 0.25) is 0 Å². The molecule has 2 nitrogen and oxygen atoms in total.